The Morgan fingerprint density at radius 3 is 2.59 bits per heavy atom. The average molecular weight is 240 g/mol. The zero-order chi connectivity index (χ0) is 12.6. The van der Waals surface area contributed by atoms with Gasteiger partial charge in [-0.3, -0.25) is 0 Å². The van der Waals surface area contributed by atoms with Gasteiger partial charge in [0.2, 0.25) is 0 Å². The lowest BCUT2D eigenvalue weighted by Gasteiger charge is -2.48. The fourth-order valence-electron chi connectivity index (χ4n) is 2.99. The molecule has 0 aromatic heterocycles. The first-order valence-corrected chi connectivity index (χ1v) is 6.65. The van der Waals surface area contributed by atoms with Gasteiger partial charge in [-0.25, -0.2) is 4.79 Å². The molecule has 2 fully saturated rings. The van der Waals surface area contributed by atoms with E-state index in [0.29, 0.717) is 6.04 Å². The first-order valence-electron chi connectivity index (χ1n) is 6.65. The van der Waals surface area contributed by atoms with Crippen LogP contribution in [-0.4, -0.2) is 34.7 Å². The van der Waals surface area contributed by atoms with Gasteiger partial charge < -0.3 is 15.4 Å². The van der Waals surface area contributed by atoms with Crippen molar-refractivity contribution in [2.24, 2.45) is 5.73 Å². The monoisotopic (exact) mass is 240 g/mol. The van der Waals surface area contributed by atoms with E-state index in [2.05, 4.69) is 0 Å². The van der Waals surface area contributed by atoms with Gasteiger partial charge in [0, 0.05) is 12.1 Å². The number of hydrogen-bond acceptors (Lipinski definition) is 3. The van der Waals surface area contributed by atoms with E-state index >= 15 is 0 Å². The Balaban J connectivity index is 2.10. The van der Waals surface area contributed by atoms with E-state index < -0.39 is 5.60 Å². The fraction of sp³-hybridized carbons (Fsp3) is 0.923. The number of amides is 1. The molecule has 2 N–H and O–H groups in total. The molecule has 17 heavy (non-hydrogen) atoms. The quantitative estimate of drug-likeness (QED) is 0.706. The highest BCUT2D eigenvalue weighted by molar-refractivity contribution is 5.69. The van der Waals surface area contributed by atoms with Crippen molar-refractivity contribution in [1.29, 1.82) is 0 Å². The largest absolute Gasteiger partial charge is 0.444 e. The van der Waals surface area contributed by atoms with E-state index in [1.165, 1.54) is 6.42 Å². The zero-order valence-electron chi connectivity index (χ0n) is 11.1. The summed E-state index contributed by atoms with van der Waals surface area (Å²) in [7, 11) is 0. The highest BCUT2D eigenvalue weighted by Crippen LogP contribution is 2.34. The lowest BCUT2D eigenvalue weighted by molar-refractivity contribution is -0.0230. The molecule has 4 heteroatoms. The summed E-state index contributed by atoms with van der Waals surface area (Å²) in [6.07, 6.45) is 5.19. The number of carbonyl (C=O) groups excluding carboxylic acids is 1. The maximum atomic E-state index is 12.2. The third-order valence-corrected chi connectivity index (χ3v) is 3.72. The van der Waals surface area contributed by atoms with Crippen molar-refractivity contribution in [1.82, 2.24) is 4.90 Å². The lowest BCUT2D eigenvalue weighted by atomic mass is 9.82. The fourth-order valence-corrected chi connectivity index (χ4v) is 2.99. The van der Waals surface area contributed by atoms with Crippen molar-refractivity contribution >= 4 is 6.09 Å². The summed E-state index contributed by atoms with van der Waals surface area (Å²) < 4.78 is 5.49. The van der Waals surface area contributed by atoms with E-state index in [1.807, 2.05) is 25.7 Å². The molecule has 0 aliphatic carbocycles. The molecule has 0 saturated carbocycles. The molecule has 0 aromatic rings. The molecule has 4 nitrogen and oxygen atoms in total. The number of fused-ring (bicyclic) bond motifs is 2. The molecule has 0 aromatic carbocycles. The van der Waals surface area contributed by atoms with Gasteiger partial charge in [-0.15, -0.1) is 0 Å². The summed E-state index contributed by atoms with van der Waals surface area (Å²) >= 11 is 0. The van der Waals surface area contributed by atoms with Crippen molar-refractivity contribution in [3.8, 4) is 0 Å². The minimum atomic E-state index is -0.424. The lowest BCUT2D eigenvalue weighted by Crippen LogP contribution is -2.61. The zero-order valence-corrected chi connectivity index (χ0v) is 11.1. The van der Waals surface area contributed by atoms with Gasteiger partial charge in [0.05, 0.1) is 6.04 Å². The highest BCUT2D eigenvalue weighted by atomic mass is 16.6. The second kappa shape index (κ2) is 4.48. The second-order valence-corrected chi connectivity index (χ2v) is 6.28. The Morgan fingerprint density at radius 2 is 1.94 bits per heavy atom. The maximum absolute atomic E-state index is 12.2. The van der Waals surface area contributed by atoms with Crippen molar-refractivity contribution in [2.75, 3.05) is 0 Å². The van der Waals surface area contributed by atoms with E-state index in [4.69, 9.17) is 10.5 Å². The standard InChI is InChI=1S/C13H24N2O2/c1-13(2,3)17-12(16)15-9-5-4-6-11(15)10(14)8-7-9/h9-11H,4-8,14H2,1-3H3/t9-,10-,11+/m0/s1. The second-order valence-electron chi connectivity index (χ2n) is 6.28. The van der Waals surface area contributed by atoms with Gasteiger partial charge in [-0.2, -0.15) is 0 Å². The van der Waals surface area contributed by atoms with E-state index in [9.17, 15) is 4.79 Å². The minimum Gasteiger partial charge on any atom is -0.444 e. The van der Waals surface area contributed by atoms with Crippen LogP contribution in [0.15, 0.2) is 0 Å². The van der Waals surface area contributed by atoms with Crippen LogP contribution in [0.5, 0.6) is 0 Å². The summed E-state index contributed by atoms with van der Waals surface area (Å²) in [6.45, 7) is 5.72. The van der Waals surface area contributed by atoms with Crippen LogP contribution in [0.1, 0.15) is 52.9 Å². The van der Waals surface area contributed by atoms with Crippen LogP contribution in [0.25, 0.3) is 0 Å². The Hall–Kier alpha value is -0.770. The third-order valence-electron chi connectivity index (χ3n) is 3.72. The van der Waals surface area contributed by atoms with Gasteiger partial charge in [-0.1, -0.05) is 0 Å². The van der Waals surface area contributed by atoms with Crippen LogP contribution in [0, 0.1) is 0 Å². The van der Waals surface area contributed by atoms with Gasteiger partial charge in [0.15, 0.2) is 0 Å². The summed E-state index contributed by atoms with van der Waals surface area (Å²) in [4.78, 5) is 14.1. The van der Waals surface area contributed by atoms with Crippen LogP contribution < -0.4 is 5.73 Å². The molecule has 2 bridgehead atoms. The Kier molecular flexibility index (Phi) is 3.34. The number of piperidine rings is 2. The molecule has 2 rings (SSSR count). The van der Waals surface area contributed by atoms with Gasteiger partial charge >= 0.3 is 6.09 Å². The van der Waals surface area contributed by atoms with Crippen molar-refractivity contribution in [2.45, 2.75) is 76.6 Å². The predicted molar refractivity (Wildman–Crippen MR) is 66.7 cm³/mol. The van der Waals surface area contributed by atoms with Crippen molar-refractivity contribution < 1.29 is 9.53 Å². The number of rotatable bonds is 0. The molecule has 2 heterocycles. The first kappa shape index (κ1) is 12.7. The van der Waals surface area contributed by atoms with Crippen LogP contribution >= 0.6 is 0 Å². The number of carbonyl (C=O) groups is 1. The minimum absolute atomic E-state index is 0.124. The van der Waals surface area contributed by atoms with E-state index in [-0.39, 0.29) is 18.2 Å². The summed E-state index contributed by atoms with van der Waals surface area (Å²) in [5.74, 6) is 0. The Labute approximate surface area is 103 Å². The van der Waals surface area contributed by atoms with Gasteiger partial charge in [0.1, 0.15) is 5.60 Å². The maximum Gasteiger partial charge on any atom is 0.410 e. The van der Waals surface area contributed by atoms with E-state index in [0.717, 1.165) is 25.7 Å². The van der Waals surface area contributed by atoms with Crippen LogP contribution in [0.4, 0.5) is 4.79 Å². The topological polar surface area (TPSA) is 55.6 Å². The Morgan fingerprint density at radius 1 is 1.24 bits per heavy atom. The molecule has 0 radical (unpaired) electrons. The van der Waals surface area contributed by atoms with Crippen molar-refractivity contribution in [3.05, 3.63) is 0 Å². The third kappa shape index (κ3) is 2.73. The molecule has 0 unspecified atom stereocenters. The number of hydrogen-bond donors (Lipinski definition) is 1. The molecule has 0 spiro atoms. The number of nitrogens with two attached hydrogens (primary N) is 1. The van der Waals surface area contributed by atoms with Crippen LogP contribution in [-0.2, 0) is 4.74 Å². The molecule has 2 saturated heterocycles. The smallest absolute Gasteiger partial charge is 0.410 e. The summed E-state index contributed by atoms with van der Waals surface area (Å²) in [5.41, 5.74) is 5.70. The van der Waals surface area contributed by atoms with Crippen molar-refractivity contribution in [3.63, 3.8) is 0 Å². The Bertz CT molecular complexity index is 298. The molecule has 2 aliphatic heterocycles. The SMILES string of the molecule is CC(C)(C)OC(=O)N1[C@H]2CCC[C@@H]1[C@@H](N)CC2. The highest BCUT2D eigenvalue weighted by Gasteiger charge is 2.42. The number of ether oxygens (including phenoxy) is 1. The van der Waals surface area contributed by atoms with E-state index in [1.54, 1.807) is 0 Å². The van der Waals surface area contributed by atoms with Gasteiger partial charge in [-0.05, 0) is 52.9 Å². The molecule has 1 amide bonds. The first-order chi connectivity index (χ1) is 7.88. The molecular weight excluding hydrogens is 216 g/mol. The molecule has 98 valence electrons. The van der Waals surface area contributed by atoms with Gasteiger partial charge in [0.25, 0.3) is 0 Å². The molecule has 3 atom stereocenters. The summed E-state index contributed by atoms with van der Waals surface area (Å²) in [6, 6.07) is 0.666. The molecule has 2 aliphatic rings. The van der Waals surface area contributed by atoms with Crippen LogP contribution in [0.2, 0.25) is 0 Å². The normalized spacial score (nSPS) is 33.4. The number of nitrogens with zero attached hydrogens (tertiary/aromatic N) is 1. The summed E-state index contributed by atoms with van der Waals surface area (Å²) in [5, 5.41) is 0. The molecular formula is C13H24N2O2. The predicted octanol–water partition coefficient (Wildman–Crippen LogP) is 2.27. The van der Waals surface area contributed by atoms with Crippen LogP contribution in [0.3, 0.4) is 0 Å². The average Bonchev–Trinajstić information content (AvgIpc) is 2.21.